The zero-order valence-corrected chi connectivity index (χ0v) is 12.6. The first kappa shape index (κ1) is 14.3. The van der Waals surface area contributed by atoms with E-state index >= 15 is 0 Å². The Kier molecular flexibility index (Phi) is 4.34. The number of nitrogens with zero attached hydrogens (tertiary/aromatic N) is 2. The Bertz CT molecular complexity index is 620. The van der Waals surface area contributed by atoms with Gasteiger partial charge in [-0.25, -0.2) is 0 Å². The summed E-state index contributed by atoms with van der Waals surface area (Å²) in [6.45, 7) is 0. The van der Waals surface area contributed by atoms with Gasteiger partial charge in [-0.3, -0.25) is 4.79 Å². The molecule has 0 saturated carbocycles. The maximum absolute atomic E-state index is 10.5. The van der Waals surface area contributed by atoms with Gasteiger partial charge in [-0.15, -0.1) is 21.5 Å². The third-order valence-electron chi connectivity index (χ3n) is 3.86. The van der Waals surface area contributed by atoms with Gasteiger partial charge in [0, 0.05) is 17.7 Å². The van der Waals surface area contributed by atoms with Crippen LogP contribution in [0.4, 0.5) is 0 Å². The SMILES string of the molecule is O=C(O)CCCCc1nnc(C2CCCc3sccc32)o1. The van der Waals surface area contributed by atoms with Crippen LogP contribution in [0.25, 0.3) is 0 Å². The molecule has 112 valence electrons. The molecule has 2 aromatic rings. The third kappa shape index (κ3) is 3.32. The van der Waals surface area contributed by atoms with Crippen LogP contribution in [0.1, 0.15) is 60.2 Å². The van der Waals surface area contributed by atoms with E-state index in [-0.39, 0.29) is 12.3 Å². The fourth-order valence-electron chi connectivity index (χ4n) is 2.80. The zero-order chi connectivity index (χ0) is 14.7. The van der Waals surface area contributed by atoms with Gasteiger partial charge >= 0.3 is 5.97 Å². The number of aryl methyl sites for hydroxylation is 2. The van der Waals surface area contributed by atoms with Crippen molar-refractivity contribution in [3.63, 3.8) is 0 Å². The summed E-state index contributed by atoms with van der Waals surface area (Å²) in [5, 5.41) is 19.0. The highest BCUT2D eigenvalue weighted by Gasteiger charge is 2.27. The first-order valence-electron chi connectivity index (χ1n) is 7.34. The van der Waals surface area contributed by atoms with Gasteiger partial charge in [-0.2, -0.15) is 0 Å². The van der Waals surface area contributed by atoms with Crippen molar-refractivity contribution in [3.05, 3.63) is 33.7 Å². The number of carboxylic acid groups (broad SMARTS) is 1. The molecule has 1 N–H and O–H groups in total. The summed E-state index contributed by atoms with van der Waals surface area (Å²) in [5.41, 5.74) is 1.34. The number of hydrogen-bond donors (Lipinski definition) is 1. The van der Waals surface area contributed by atoms with Crippen molar-refractivity contribution < 1.29 is 14.3 Å². The largest absolute Gasteiger partial charge is 0.481 e. The number of rotatable bonds is 6. The molecule has 1 aliphatic rings. The van der Waals surface area contributed by atoms with Gasteiger partial charge in [-0.05, 0) is 49.1 Å². The summed E-state index contributed by atoms with van der Waals surface area (Å²) in [4.78, 5) is 11.9. The molecule has 5 nitrogen and oxygen atoms in total. The zero-order valence-electron chi connectivity index (χ0n) is 11.7. The Morgan fingerprint density at radius 3 is 3.19 bits per heavy atom. The lowest BCUT2D eigenvalue weighted by atomic mass is 9.88. The highest BCUT2D eigenvalue weighted by atomic mass is 32.1. The minimum Gasteiger partial charge on any atom is -0.481 e. The van der Waals surface area contributed by atoms with Crippen molar-refractivity contribution in [1.82, 2.24) is 10.2 Å². The van der Waals surface area contributed by atoms with Crippen molar-refractivity contribution in [2.24, 2.45) is 0 Å². The Morgan fingerprint density at radius 2 is 2.33 bits per heavy atom. The molecule has 0 aliphatic heterocycles. The quantitative estimate of drug-likeness (QED) is 0.828. The van der Waals surface area contributed by atoms with Crippen molar-refractivity contribution >= 4 is 17.3 Å². The molecule has 6 heteroatoms. The molecule has 2 heterocycles. The summed E-state index contributed by atoms with van der Waals surface area (Å²) in [6, 6.07) is 2.17. The van der Waals surface area contributed by atoms with Gasteiger partial charge in [-0.1, -0.05) is 0 Å². The Hall–Kier alpha value is -1.69. The number of unbranched alkanes of at least 4 members (excludes halogenated alkanes) is 1. The highest BCUT2D eigenvalue weighted by Crippen LogP contribution is 2.38. The maximum Gasteiger partial charge on any atom is 0.303 e. The number of aliphatic carboxylic acids is 1. The minimum atomic E-state index is -0.756. The molecule has 2 aromatic heterocycles. The van der Waals surface area contributed by atoms with Crippen molar-refractivity contribution in [3.8, 4) is 0 Å². The van der Waals surface area contributed by atoms with E-state index in [0.717, 1.165) is 25.7 Å². The van der Waals surface area contributed by atoms with Crippen LogP contribution in [-0.2, 0) is 17.6 Å². The van der Waals surface area contributed by atoms with Gasteiger partial charge in [0.05, 0.1) is 5.92 Å². The van der Waals surface area contributed by atoms with Crippen LogP contribution >= 0.6 is 11.3 Å². The lowest BCUT2D eigenvalue weighted by Gasteiger charge is -2.18. The maximum atomic E-state index is 10.5. The summed E-state index contributed by atoms with van der Waals surface area (Å²) in [5.74, 6) is 0.814. The molecule has 1 unspecified atom stereocenters. The highest BCUT2D eigenvalue weighted by molar-refractivity contribution is 7.10. The normalized spacial score (nSPS) is 17.6. The van der Waals surface area contributed by atoms with E-state index in [9.17, 15) is 4.79 Å². The van der Waals surface area contributed by atoms with Gasteiger partial charge in [0.25, 0.3) is 0 Å². The second-order valence-electron chi connectivity index (χ2n) is 5.38. The van der Waals surface area contributed by atoms with Gasteiger partial charge in [0.2, 0.25) is 11.8 Å². The molecule has 0 spiro atoms. The topological polar surface area (TPSA) is 76.2 Å². The van der Waals surface area contributed by atoms with Crippen LogP contribution < -0.4 is 0 Å². The standard InChI is InChI=1S/C15H18N2O3S/c18-14(19)7-2-1-6-13-16-17-15(20-13)11-4-3-5-12-10(11)8-9-21-12/h8-9,11H,1-7H2,(H,18,19). The van der Waals surface area contributed by atoms with Crippen LogP contribution in [0.15, 0.2) is 15.9 Å². The molecule has 0 amide bonds. The molecule has 1 aliphatic carbocycles. The molecule has 3 rings (SSSR count). The van der Waals surface area contributed by atoms with Crippen LogP contribution in [-0.4, -0.2) is 21.3 Å². The number of thiophene rings is 1. The van der Waals surface area contributed by atoms with Crippen molar-refractivity contribution in [2.45, 2.75) is 50.9 Å². The molecule has 0 bridgehead atoms. The molecule has 0 saturated heterocycles. The molecular weight excluding hydrogens is 288 g/mol. The lowest BCUT2D eigenvalue weighted by Crippen LogP contribution is -2.08. The summed E-state index contributed by atoms with van der Waals surface area (Å²) in [7, 11) is 0. The summed E-state index contributed by atoms with van der Waals surface area (Å²) < 4.78 is 5.79. The van der Waals surface area contributed by atoms with E-state index in [0.29, 0.717) is 24.6 Å². The average Bonchev–Trinajstić information content (AvgIpc) is 3.12. The van der Waals surface area contributed by atoms with Gasteiger partial charge < -0.3 is 9.52 Å². The minimum absolute atomic E-state index is 0.196. The fourth-order valence-corrected chi connectivity index (χ4v) is 3.79. The van der Waals surface area contributed by atoms with Gasteiger partial charge in [0.1, 0.15) is 0 Å². The number of hydrogen-bond acceptors (Lipinski definition) is 5. The monoisotopic (exact) mass is 306 g/mol. The average molecular weight is 306 g/mol. The molecule has 0 fully saturated rings. The number of fused-ring (bicyclic) bond motifs is 1. The summed E-state index contributed by atoms with van der Waals surface area (Å²) >= 11 is 1.80. The fraction of sp³-hybridized carbons (Fsp3) is 0.533. The van der Waals surface area contributed by atoms with E-state index < -0.39 is 5.97 Å². The van der Waals surface area contributed by atoms with Crippen LogP contribution in [0, 0.1) is 0 Å². The molecule has 0 aromatic carbocycles. The summed E-state index contributed by atoms with van der Waals surface area (Å²) in [6.07, 6.45) is 5.64. The van der Waals surface area contributed by atoms with Crippen LogP contribution in [0.5, 0.6) is 0 Å². The number of carboxylic acids is 1. The molecular formula is C15H18N2O3S. The van der Waals surface area contributed by atoms with E-state index in [1.54, 1.807) is 11.3 Å². The Labute approximate surface area is 127 Å². The molecule has 0 radical (unpaired) electrons. The second-order valence-corrected chi connectivity index (χ2v) is 6.38. The van der Waals surface area contributed by atoms with Gasteiger partial charge in [0.15, 0.2) is 0 Å². The van der Waals surface area contributed by atoms with E-state index in [1.807, 2.05) is 0 Å². The smallest absolute Gasteiger partial charge is 0.303 e. The van der Waals surface area contributed by atoms with Crippen LogP contribution in [0.3, 0.4) is 0 Å². The lowest BCUT2D eigenvalue weighted by molar-refractivity contribution is -0.137. The van der Waals surface area contributed by atoms with Crippen molar-refractivity contribution in [2.75, 3.05) is 0 Å². The van der Waals surface area contributed by atoms with E-state index in [4.69, 9.17) is 9.52 Å². The predicted molar refractivity (Wildman–Crippen MR) is 78.6 cm³/mol. The molecule has 21 heavy (non-hydrogen) atoms. The van der Waals surface area contributed by atoms with E-state index in [1.165, 1.54) is 10.4 Å². The molecule has 1 atom stereocenters. The van der Waals surface area contributed by atoms with Crippen LogP contribution in [0.2, 0.25) is 0 Å². The first-order valence-corrected chi connectivity index (χ1v) is 8.22. The Morgan fingerprint density at radius 1 is 1.43 bits per heavy atom. The number of carbonyl (C=O) groups is 1. The predicted octanol–water partition coefficient (Wildman–Crippen LogP) is 3.40. The number of aromatic nitrogens is 2. The second kappa shape index (κ2) is 6.39. The third-order valence-corrected chi connectivity index (χ3v) is 4.86. The first-order chi connectivity index (χ1) is 10.2. The van der Waals surface area contributed by atoms with E-state index in [2.05, 4.69) is 21.6 Å². The van der Waals surface area contributed by atoms with Crippen molar-refractivity contribution in [1.29, 1.82) is 0 Å². The Balaban J connectivity index is 1.62.